The Hall–Kier alpha value is -3.22. The van der Waals surface area contributed by atoms with E-state index in [1.54, 1.807) is 54.9 Å². The second-order valence-corrected chi connectivity index (χ2v) is 22.6. The molecule has 4 aliphatic rings. The average Bonchev–Trinajstić information content (AvgIpc) is 3.35. The third kappa shape index (κ3) is 17.1. The molecule has 18 heteroatoms. The SMILES string of the molecule is CCOP(=O)(OCC)O[C@@H]1CC[C@@H](C[C@@H](C)[C@@H]2CC(=O)C(C)=CC(C)[C@@H](O)[C@@H](OC)C(=O)[C@H](C)C[C@H](C)C=CC=CC=C(C)[C@@H](OC)CC3CC[C@@H](C)[C@@](O)(O3)C(=O)C(=O)N3CCCCC3C(=O)O2)C[C@H]1OC. The van der Waals surface area contributed by atoms with E-state index in [9.17, 15) is 38.8 Å². The molecule has 3 aliphatic heterocycles. The molecule has 0 aromatic rings. The van der Waals surface area contributed by atoms with E-state index in [-0.39, 0.29) is 61.6 Å². The minimum Gasteiger partial charge on any atom is -0.460 e. The summed E-state index contributed by atoms with van der Waals surface area (Å²) < 4.78 is 59.9. The van der Waals surface area contributed by atoms with Gasteiger partial charge in [0.2, 0.25) is 5.79 Å². The number of aliphatic hydroxyl groups is 2. The van der Waals surface area contributed by atoms with Crippen molar-refractivity contribution in [3.8, 4) is 0 Å². The molecule has 3 heterocycles. The van der Waals surface area contributed by atoms with E-state index in [0.29, 0.717) is 64.2 Å². The van der Waals surface area contributed by atoms with Crippen molar-refractivity contribution in [2.45, 2.75) is 194 Å². The quantitative estimate of drug-likeness (QED) is 0.106. The van der Waals surface area contributed by atoms with Crippen LogP contribution in [0.4, 0.5) is 0 Å². The fourth-order valence-corrected chi connectivity index (χ4v) is 12.2. The number of piperidine rings is 1. The van der Waals surface area contributed by atoms with E-state index in [2.05, 4.69) is 0 Å². The lowest BCUT2D eigenvalue weighted by Crippen LogP contribution is -2.61. The molecule has 73 heavy (non-hydrogen) atoms. The number of ketones is 3. The molecule has 0 aromatic heterocycles. The number of nitrogens with zero attached hydrogens (tertiary/aromatic N) is 1. The summed E-state index contributed by atoms with van der Waals surface area (Å²) in [5.41, 5.74) is 1.15. The van der Waals surface area contributed by atoms with Gasteiger partial charge in [0.1, 0.15) is 18.2 Å². The van der Waals surface area contributed by atoms with Crippen molar-refractivity contribution in [2.75, 3.05) is 41.1 Å². The van der Waals surface area contributed by atoms with Gasteiger partial charge in [-0.15, -0.1) is 0 Å². The zero-order valence-corrected chi connectivity index (χ0v) is 46.6. The minimum absolute atomic E-state index is 0.00174. The third-order valence-electron chi connectivity index (χ3n) is 15.3. The second kappa shape index (κ2) is 29.3. The van der Waals surface area contributed by atoms with E-state index >= 15 is 0 Å². The van der Waals surface area contributed by atoms with Gasteiger partial charge < -0.3 is 38.8 Å². The van der Waals surface area contributed by atoms with Gasteiger partial charge in [-0.25, -0.2) is 9.36 Å². The van der Waals surface area contributed by atoms with Crippen molar-refractivity contribution >= 4 is 37.0 Å². The Kier molecular flexibility index (Phi) is 25.0. The van der Waals surface area contributed by atoms with Crippen molar-refractivity contribution in [3.63, 3.8) is 0 Å². The maximum Gasteiger partial charge on any atom is 0.475 e. The molecular weight excluding hydrogens is 962 g/mol. The Balaban J connectivity index is 1.70. The van der Waals surface area contributed by atoms with E-state index < -0.39 is 104 Å². The maximum absolute atomic E-state index is 14.6. The Morgan fingerprint density at radius 1 is 0.849 bits per heavy atom. The third-order valence-corrected chi connectivity index (χ3v) is 17.0. The molecule has 3 unspecified atom stereocenters. The van der Waals surface area contributed by atoms with Gasteiger partial charge in [0.25, 0.3) is 11.7 Å². The molecule has 17 nitrogen and oxygen atoms in total. The van der Waals surface area contributed by atoms with Gasteiger partial charge in [0.05, 0.1) is 43.7 Å². The zero-order valence-electron chi connectivity index (χ0n) is 45.7. The van der Waals surface area contributed by atoms with Crippen LogP contribution in [0.25, 0.3) is 0 Å². The molecule has 2 saturated heterocycles. The summed E-state index contributed by atoms with van der Waals surface area (Å²) in [6, 6.07) is -1.18. The first-order valence-electron chi connectivity index (χ1n) is 26.6. The fraction of sp³-hybridized carbons (Fsp3) is 0.764. The summed E-state index contributed by atoms with van der Waals surface area (Å²) >= 11 is 0. The molecule has 0 spiro atoms. The number of Topliss-reactive ketones (excluding diaryl/α,β-unsaturated/α-hetero) is 3. The first kappa shape index (κ1) is 62.3. The molecule has 2 bridgehead atoms. The molecule has 0 radical (unpaired) electrons. The fourth-order valence-electron chi connectivity index (χ4n) is 10.8. The molecule has 1 saturated carbocycles. The predicted molar refractivity (Wildman–Crippen MR) is 275 cm³/mol. The van der Waals surface area contributed by atoms with Gasteiger partial charge >= 0.3 is 13.8 Å². The van der Waals surface area contributed by atoms with Gasteiger partial charge in [0, 0.05) is 58.5 Å². The summed E-state index contributed by atoms with van der Waals surface area (Å²) in [5, 5.41) is 23.6. The molecule has 4 rings (SSSR count). The number of carbonyl (C=O) groups excluding carboxylic acids is 5. The van der Waals surface area contributed by atoms with Gasteiger partial charge in [-0.2, -0.15) is 0 Å². The maximum atomic E-state index is 14.6. The number of rotatable bonds is 12. The second-order valence-electron chi connectivity index (χ2n) is 21.0. The average molecular weight is 1050 g/mol. The molecule has 2 N–H and O–H groups in total. The van der Waals surface area contributed by atoms with Crippen LogP contribution in [0.2, 0.25) is 0 Å². The Morgan fingerprint density at radius 2 is 1.55 bits per heavy atom. The summed E-state index contributed by atoms with van der Waals surface area (Å²) in [6.07, 6.45) is 10.4. The number of methoxy groups -OCH3 is 3. The molecule has 15 atom stereocenters. The van der Waals surface area contributed by atoms with Crippen LogP contribution in [0.15, 0.2) is 47.6 Å². The molecule has 414 valence electrons. The lowest BCUT2D eigenvalue weighted by atomic mass is 9.78. The number of phosphoric acid groups is 1. The van der Waals surface area contributed by atoms with Crippen LogP contribution in [0.3, 0.4) is 0 Å². The lowest BCUT2D eigenvalue weighted by Gasteiger charge is -2.42. The Labute approximate surface area is 434 Å². The van der Waals surface area contributed by atoms with Crippen LogP contribution in [0.5, 0.6) is 0 Å². The number of fused-ring (bicyclic) bond motifs is 3. The van der Waals surface area contributed by atoms with Crippen molar-refractivity contribution in [2.24, 2.45) is 35.5 Å². The van der Waals surface area contributed by atoms with E-state index in [1.807, 2.05) is 58.1 Å². The highest BCUT2D eigenvalue weighted by Gasteiger charge is 2.53. The largest absolute Gasteiger partial charge is 0.475 e. The number of esters is 1. The van der Waals surface area contributed by atoms with Crippen LogP contribution in [0.1, 0.15) is 139 Å². The molecular formula is C55H88NO16P. The molecule has 0 aromatic carbocycles. The standard InChI is InChI=1S/C55H88NO16P/c1-13-68-73(64,69-14-2)72-45-26-24-41(31-48(45)66-11)30-37(6)47-33-44(57)36(5)29-39(8)50(59)51(67-12)49(58)38(7)28-34(3)20-16-15-17-21-35(4)46(65-10)32-42-25-23-40(9)55(63,71-42)52(60)53(61)56-27-19-18-22-43(56)54(62)70-47/h15-17,20-21,29,34,37-43,45-48,50-51,59,63H,13-14,18-19,22-28,30-33H2,1-12H3/t34-,37-,38-,39?,40-,41+,42?,43?,45-,46+,47+,48-,50-,51+,55-/m1/s1. The van der Waals surface area contributed by atoms with Crippen molar-refractivity contribution in [1.29, 1.82) is 0 Å². The van der Waals surface area contributed by atoms with Crippen molar-refractivity contribution in [3.05, 3.63) is 47.6 Å². The van der Waals surface area contributed by atoms with Crippen LogP contribution >= 0.6 is 7.82 Å². The topological polar surface area (TPSA) is 220 Å². The van der Waals surface area contributed by atoms with Crippen LogP contribution < -0.4 is 0 Å². The number of hydrogen-bond donors (Lipinski definition) is 2. The molecule has 3 fully saturated rings. The van der Waals surface area contributed by atoms with E-state index in [1.165, 1.54) is 12.0 Å². The van der Waals surface area contributed by atoms with Gasteiger partial charge in [-0.1, -0.05) is 71.1 Å². The van der Waals surface area contributed by atoms with Gasteiger partial charge in [-0.05, 0) is 121 Å². The van der Waals surface area contributed by atoms with Crippen LogP contribution in [-0.4, -0.2) is 140 Å². The number of hydrogen-bond acceptors (Lipinski definition) is 16. The zero-order chi connectivity index (χ0) is 54.2. The number of amides is 1. The minimum atomic E-state index is -3.84. The lowest BCUT2D eigenvalue weighted by molar-refractivity contribution is -0.265. The first-order chi connectivity index (χ1) is 34.6. The van der Waals surface area contributed by atoms with Gasteiger partial charge in [-0.3, -0.25) is 32.7 Å². The highest BCUT2D eigenvalue weighted by Crippen LogP contribution is 2.53. The normalized spacial score (nSPS) is 35.2. The number of carbonyl (C=O) groups is 5. The monoisotopic (exact) mass is 1050 g/mol. The number of aliphatic hydroxyl groups excluding tert-OH is 1. The van der Waals surface area contributed by atoms with Crippen LogP contribution in [0, 0.1) is 35.5 Å². The van der Waals surface area contributed by atoms with Crippen molar-refractivity contribution in [1.82, 2.24) is 4.90 Å². The van der Waals surface area contributed by atoms with Crippen LogP contribution in [-0.2, 0) is 65.8 Å². The highest BCUT2D eigenvalue weighted by molar-refractivity contribution is 7.48. The smallest absolute Gasteiger partial charge is 0.460 e. The van der Waals surface area contributed by atoms with E-state index in [4.69, 9.17) is 37.3 Å². The summed E-state index contributed by atoms with van der Waals surface area (Å²) in [5.74, 6) is -8.37. The summed E-state index contributed by atoms with van der Waals surface area (Å²) in [6.45, 7) is 16.3. The number of cyclic esters (lactones) is 1. The van der Waals surface area contributed by atoms with Gasteiger partial charge in [0.15, 0.2) is 11.6 Å². The van der Waals surface area contributed by atoms with Crippen molar-refractivity contribution < 1.29 is 76.0 Å². The Morgan fingerprint density at radius 3 is 2.19 bits per heavy atom. The predicted octanol–water partition coefficient (Wildman–Crippen LogP) is 8.39. The summed E-state index contributed by atoms with van der Waals surface area (Å²) in [7, 11) is 0.655. The summed E-state index contributed by atoms with van der Waals surface area (Å²) in [4.78, 5) is 72.5. The van der Waals surface area contributed by atoms with E-state index in [0.717, 1.165) is 5.57 Å². The number of allylic oxidation sites excluding steroid dienone is 6. The molecule has 1 amide bonds. The highest BCUT2D eigenvalue weighted by atomic mass is 31.2. The Bertz CT molecular complexity index is 2010. The number of phosphoric ester groups is 1. The first-order valence-corrected chi connectivity index (χ1v) is 28.1. The number of ether oxygens (including phenoxy) is 5. The molecule has 1 aliphatic carbocycles.